The van der Waals surface area contributed by atoms with Crippen molar-refractivity contribution in [3.8, 4) is 11.5 Å². The highest BCUT2D eigenvalue weighted by Crippen LogP contribution is 2.26. The summed E-state index contributed by atoms with van der Waals surface area (Å²) in [5.74, 6) is -0.922. The van der Waals surface area contributed by atoms with Crippen LogP contribution in [0.2, 0.25) is 5.02 Å². The average Bonchev–Trinajstić information content (AvgIpc) is 3.01. The number of halogens is 1. The fourth-order valence-corrected chi connectivity index (χ4v) is 3.16. The number of nitrogens with zero attached hydrogens (tertiary/aromatic N) is 1. The predicted molar refractivity (Wildman–Crippen MR) is 101 cm³/mol. The first-order valence-electron chi connectivity index (χ1n) is 9.11. The third-order valence-corrected chi connectivity index (χ3v) is 5.09. The van der Waals surface area contributed by atoms with Crippen LogP contribution in [0.5, 0.6) is 0 Å². The molecular formula is C20H24ClNO5. The van der Waals surface area contributed by atoms with Crippen LogP contribution in [-0.4, -0.2) is 35.1 Å². The smallest absolute Gasteiger partial charge is 0.364 e. The summed E-state index contributed by atoms with van der Waals surface area (Å²) >= 11 is 5.92. The van der Waals surface area contributed by atoms with E-state index in [0.29, 0.717) is 24.1 Å². The van der Waals surface area contributed by atoms with Crippen LogP contribution in [0.4, 0.5) is 0 Å². The zero-order valence-electron chi connectivity index (χ0n) is 15.5. The third-order valence-electron chi connectivity index (χ3n) is 4.84. The van der Waals surface area contributed by atoms with Crippen molar-refractivity contribution in [2.24, 2.45) is 5.92 Å². The quantitative estimate of drug-likeness (QED) is 0.698. The first kappa shape index (κ1) is 19.9. The lowest BCUT2D eigenvalue weighted by Gasteiger charge is -2.34. The highest BCUT2D eigenvalue weighted by atomic mass is 35.5. The molecule has 1 fully saturated rings. The highest BCUT2D eigenvalue weighted by molar-refractivity contribution is 6.30. The molecule has 2 heterocycles. The number of oxazole rings is 1. The van der Waals surface area contributed by atoms with Crippen LogP contribution in [0, 0.1) is 12.8 Å². The van der Waals surface area contributed by atoms with Gasteiger partial charge in [0.1, 0.15) is 5.76 Å². The van der Waals surface area contributed by atoms with Crippen LogP contribution in [0.25, 0.3) is 11.5 Å². The number of aryl methyl sites for hydroxylation is 2. The average molecular weight is 394 g/mol. The monoisotopic (exact) mass is 393 g/mol. The third kappa shape index (κ3) is 4.89. The maximum Gasteiger partial charge on any atom is 0.364 e. The second kappa shape index (κ2) is 8.42. The van der Waals surface area contributed by atoms with Crippen molar-refractivity contribution in [2.75, 3.05) is 13.2 Å². The van der Waals surface area contributed by atoms with Crippen molar-refractivity contribution in [1.29, 1.82) is 0 Å². The van der Waals surface area contributed by atoms with E-state index in [4.69, 9.17) is 30.6 Å². The van der Waals surface area contributed by atoms with Crippen LogP contribution in [0.1, 0.15) is 37.6 Å². The van der Waals surface area contributed by atoms with Gasteiger partial charge in [0.25, 0.3) is 5.79 Å². The lowest BCUT2D eigenvalue weighted by molar-refractivity contribution is -0.271. The van der Waals surface area contributed by atoms with E-state index in [2.05, 4.69) is 4.98 Å². The molecule has 1 aromatic carbocycles. The van der Waals surface area contributed by atoms with E-state index in [9.17, 15) is 4.79 Å². The maximum atomic E-state index is 11.1. The van der Waals surface area contributed by atoms with E-state index in [0.717, 1.165) is 42.7 Å². The minimum atomic E-state index is -1.51. The number of carboxylic acids is 1. The number of unbranched alkanes of at least 4 members (excludes halogenated alkanes) is 1. The van der Waals surface area contributed by atoms with Crippen molar-refractivity contribution in [1.82, 2.24) is 4.98 Å². The van der Waals surface area contributed by atoms with Crippen molar-refractivity contribution >= 4 is 17.6 Å². The van der Waals surface area contributed by atoms with Crippen LogP contribution >= 0.6 is 11.6 Å². The van der Waals surface area contributed by atoms with Gasteiger partial charge in [-0.05, 0) is 50.5 Å². The second-order valence-corrected chi connectivity index (χ2v) is 7.45. The standard InChI is InChI=1S/C20H24ClNO5/c1-13-17(22-18(27-13)15-7-9-16(21)10-8-15)6-4-3-5-14-11-25-20(2,19(23)24)26-12-14/h7-10,14H,3-6,11-12H2,1-2H3,(H,23,24). The first-order chi connectivity index (χ1) is 12.9. The van der Waals surface area contributed by atoms with E-state index in [1.165, 1.54) is 6.92 Å². The summed E-state index contributed by atoms with van der Waals surface area (Å²) in [5, 5.41) is 9.76. The minimum absolute atomic E-state index is 0.223. The molecule has 0 atom stereocenters. The molecule has 1 N–H and O–H groups in total. The SMILES string of the molecule is Cc1oc(-c2ccc(Cl)cc2)nc1CCCCC1COC(C)(C(=O)O)OC1. The number of hydrogen-bond donors (Lipinski definition) is 1. The van der Waals surface area contributed by atoms with Gasteiger partial charge in [-0.25, -0.2) is 9.78 Å². The number of aromatic nitrogens is 1. The Morgan fingerprint density at radius 2 is 1.93 bits per heavy atom. The molecule has 1 aromatic heterocycles. The van der Waals surface area contributed by atoms with E-state index in [1.54, 1.807) is 0 Å². The number of benzene rings is 1. The number of aliphatic carboxylic acids is 1. The molecule has 6 nitrogen and oxygen atoms in total. The molecule has 1 aliphatic heterocycles. The molecule has 0 amide bonds. The summed E-state index contributed by atoms with van der Waals surface area (Å²) < 4.78 is 16.5. The number of ether oxygens (including phenoxy) is 2. The first-order valence-corrected chi connectivity index (χ1v) is 9.49. The topological polar surface area (TPSA) is 81.8 Å². The van der Waals surface area contributed by atoms with Gasteiger partial charge in [0.2, 0.25) is 5.89 Å². The normalized spacial score (nSPS) is 22.7. The minimum Gasteiger partial charge on any atom is -0.477 e. The van der Waals surface area contributed by atoms with Crippen molar-refractivity contribution in [3.05, 3.63) is 40.7 Å². The molecule has 1 aliphatic rings. The van der Waals surface area contributed by atoms with Gasteiger partial charge in [0.15, 0.2) is 0 Å². The Hall–Kier alpha value is -1.89. The van der Waals surface area contributed by atoms with Crippen molar-refractivity contribution in [2.45, 2.75) is 45.3 Å². The maximum absolute atomic E-state index is 11.1. The molecule has 146 valence electrons. The molecule has 7 heteroatoms. The van der Waals surface area contributed by atoms with Gasteiger partial charge < -0.3 is 19.0 Å². The molecule has 0 bridgehead atoms. The summed E-state index contributed by atoms with van der Waals surface area (Å²) in [5.41, 5.74) is 1.88. The lowest BCUT2D eigenvalue weighted by atomic mass is 10.0. The Morgan fingerprint density at radius 3 is 2.56 bits per heavy atom. The largest absolute Gasteiger partial charge is 0.477 e. The van der Waals surface area contributed by atoms with Gasteiger partial charge in [-0.3, -0.25) is 0 Å². The predicted octanol–water partition coefficient (Wildman–Crippen LogP) is 4.48. The van der Waals surface area contributed by atoms with Crippen molar-refractivity contribution < 1.29 is 23.8 Å². The van der Waals surface area contributed by atoms with Crippen LogP contribution < -0.4 is 0 Å². The summed E-state index contributed by atoms with van der Waals surface area (Å²) in [6.45, 7) is 4.19. The van der Waals surface area contributed by atoms with Gasteiger partial charge in [0.05, 0.1) is 18.9 Å². The summed E-state index contributed by atoms with van der Waals surface area (Å²) in [6.07, 6.45) is 3.73. The van der Waals surface area contributed by atoms with Crippen LogP contribution in [0.3, 0.4) is 0 Å². The Bertz CT molecular complexity index is 778. The number of carboxylic acid groups (broad SMARTS) is 1. The molecule has 0 spiro atoms. The summed E-state index contributed by atoms with van der Waals surface area (Å²) in [6, 6.07) is 7.43. The van der Waals surface area contributed by atoms with Crippen molar-refractivity contribution in [3.63, 3.8) is 0 Å². The van der Waals surface area contributed by atoms with E-state index in [1.807, 2.05) is 31.2 Å². The Balaban J connectivity index is 1.45. The zero-order valence-corrected chi connectivity index (χ0v) is 16.3. The van der Waals surface area contributed by atoms with E-state index in [-0.39, 0.29) is 5.92 Å². The highest BCUT2D eigenvalue weighted by Gasteiger charge is 2.40. The van der Waals surface area contributed by atoms with E-state index < -0.39 is 11.8 Å². The van der Waals surface area contributed by atoms with Gasteiger partial charge in [-0.1, -0.05) is 18.0 Å². The molecule has 2 aromatic rings. The Morgan fingerprint density at radius 1 is 1.26 bits per heavy atom. The number of hydrogen-bond acceptors (Lipinski definition) is 5. The summed E-state index contributed by atoms with van der Waals surface area (Å²) in [7, 11) is 0. The molecule has 0 saturated carbocycles. The zero-order chi connectivity index (χ0) is 19.4. The molecular weight excluding hydrogens is 370 g/mol. The fourth-order valence-electron chi connectivity index (χ4n) is 3.04. The van der Waals surface area contributed by atoms with Crippen LogP contribution in [0.15, 0.2) is 28.7 Å². The number of rotatable bonds is 7. The van der Waals surface area contributed by atoms with Gasteiger partial charge in [0, 0.05) is 23.4 Å². The fraction of sp³-hybridized carbons (Fsp3) is 0.500. The van der Waals surface area contributed by atoms with Gasteiger partial charge in [-0.2, -0.15) is 0 Å². The number of carbonyl (C=O) groups is 1. The molecule has 0 aliphatic carbocycles. The molecule has 27 heavy (non-hydrogen) atoms. The molecule has 3 rings (SSSR count). The second-order valence-electron chi connectivity index (χ2n) is 7.01. The molecule has 1 saturated heterocycles. The van der Waals surface area contributed by atoms with Crippen LogP contribution in [-0.2, 0) is 20.7 Å². The lowest BCUT2D eigenvalue weighted by Crippen LogP contribution is -2.47. The van der Waals surface area contributed by atoms with Gasteiger partial charge >= 0.3 is 5.97 Å². The Labute approximate surface area is 163 Å². The summed E-state index contributed by atoms with van der Waals surface area (Å²) in [4.78, 5) is 15.7. The van der Waals surface area contributed by atoms with Gasteiger partial charge in [-0.15, -0.1) is 0 Å². The molecule has 0 unspecified atom stereocenters. The van der Waals surface area contributed by atoms with E-state index >= 15 is 0 Å². The Kier molecular flexibility index (Phi) is 6.19. The molecule has 0 radical (unpaired) electrons.